The zero-order chi connectivity index (χ0) is 19.3. The number of aromatic nitrogens is 3. The molecule has 7 heteroatoms. The van der Waals surface area contributed by atoms with E-state index in [0.29, 0.717) is 30.7 Å². The summed E-state index contributed by atoms with van der Waals surface area (Å²) in [6, 6.07) is 5.22. The minimum absolute atomic E-state index is 0.0274. The zero-order valence-electron chi connectivity index (χ0n) is 15.9. The molecule has 0 radical (unpaired) electrons. The highest BCUT2D eigenvalue weighted by atomic mass is 32.1. The van der Waals surface area contributed by atoms with Gasteiger partial charge in [0.25, 0.3) is 5.91 Å². The predicted molar refractivity (Wildman–Crippen MR) is 107 cm³/mol. The third-order valence-corrected chi connectivity index (χ3v) is 6.88. The van der Waals surface area contributed by atoms with Crippen molar-refractivity contribution < 1.29 is 9.18 Å². The number of benzene rings is 1. The molecule has 3 heterocycles. The van der Waals surface area contributed by atoms with E-state index in [1.54, 1.807) is 0 Å². The smallest absolute Gasteiger partial charge is 0.273 e. The van der Waals surface area contributed by atoms with Crippen molar-refractivity contribution in [3.63, 3.8) is 0 Å². The van der Waals surface area contributed by atoms with Crippen LogP contribution in [0.3, 0.4) is 0 Å². The number of rotatable bonds is 3. The molecule has 1 aliphatic carbocycles. The van der Waals surface area contributed by atoms with Gasteiger partial charge in [0.1, 0.15) is 17.3 Å². The molecule has 2 fully saturated rings. The first-order chi connectivity index (χ1) is 13.6. The number of nitrogens with zero attached hydrogens (tertiary/aromatic N) is 4. The van der Waals surface area contributed by atoms with Crippen LogP contribution in [0.4, 0.5) is 4.39 Å². The second kappa shape index (κ2) is 6.95. The number of amides is 1. The molecule has 2 aromatic heterocycles. The molecule has 1 aromatic carbocycles. The fourth-order valence-corrected chi connectivity index (χ4v) is 4.97. The number of thiazole rings is 1. The summed E-state index contributed by atoms with van der Waals surface area (Å²) in [5, 5.41) is 2.76. The van der Waals surface area contributed by atoms with Crippen LogP contribution in [-0.2, 0) is 0 Å². The molecule has 5 nitrogen and oxygen atoms in total. The molecule has 0 spiro atoms. The molecule has 1 amide bonds. The van der Waals surface area contributed by atoms with Gasteiger partial charge in [0.15, 0.2) is 0 Å². The van der Waals surface area contributed by atoms with Gasteiger partial charge in [0.05, 0.1) is 16.0 Å². The average Bonchev–Trinajstić information content (AvgIpc) is 3.23. The first-order valence-electron chi connectivity index (χ1n) is 9.99. The third-order valence-electron chi connectivity index (χ3n) is 6.10. The van der Waals surface area contributed by atoms with Crippen molar-refractivity contribution in [3.8, 4) is 0 Å². The van der Waals surface area contributed by atoms with Crippen molar-refractivity contribution >= 4 is 28.3 Å². The summed E-state index contributed by atoms with van der Waals surface area (Å²) in [5.41, 5.74) is 2.32. The van der Waals surface area contributed by atoms with Gasteiger partial charge in [-0.25, -0.2) is 14.4 Å². The van der Waals surface area contributed by atoms with Crippen molar-refractivity contribution in [2.45, 2.75) is 51.0 Å². The van der Waals surface area contributed by atoms with Gasteiger partial charge in [-0.05, 0) is 44.7 Å². The van der Waals surface area contributed by atoms with Crippen LogP contribution in [-0.4, -0.2) is 38.4 Å². The number of imidazole rings is 1. The summed E-state index contributed by atoms with van der Waals surface area (Å²) >= 11 is 1.51. The summed E-state index contributed by atoms with van der Waals surface area (Å²) in [5.74, 6) is 1.37. The second-order valence-corrected chi connectivity index (χ2v) is 8.94. The molecule has 1 saturated carbocycles. The zero-order valence-corrected chi connectivity index (χ0v) is 16.7. The molecule has 0 unspecified atom stereocenters. The van der Waals surface area contributed by atoms with Crippen molar-refractivity contribution in [1.29, 1.82) is 0 Å². The molecule has 146 valence electrons. The van der Waals surface area contributed by atoms with Crippen molar-refractivity contribution in [2.24, 2.45) is 0 Å². The van der Waals surface area contributed by atoms with Crippen LogP contribution in [0.1, 0.15) is 65.4 Å². The summed E-state index contributed by atoms with van der Waals surface area (Å²) in [6.07, 6.45) is 5.33. The fraction of sp³-hybridized carbons (Fsp3) is 0.476. The van der Waals surface area contributed by atoms with Gasteiger partial charge in [-0.2, -0.15) is 0 Å². The van der Waals surface area contributed by atoms with Crippen LogP contribution < -0.4 is 0 Å². The first kappa shape index (κ1) is 17.8. The molecular formula is C21H23FN4OS. The van der Waals surface area contributed by atoms with E-state index in [-0.39, 0.29) is 11.7 Å². The lowest BCUT2D eigenvalue weighted by atomic mass is 9.84. The maximum Gasteiger partial charge on any atom is 0.273 e. The second-order valence-electron chi connectivity index (χ2n) is 7.88. The largest absolute Gasteiger partial charge is 0.337 e. The normalized spacial score (nSPS) is 18.6. The number of halogens is 1. The molecule has 0 atom stereocenters. The van der Waals surface area contributed by atoms with E-state index >= 15 is 0 Å². The van der Waals surface area contributed by atoms with Gasteiger partial charge < -0.3 is 9.47 Å². The van der Waals surface area contributed by atoms with E-state index < -0.39 is 0 Å². The molecule has 2 aliphatic rings. The fourth-order valence-electron chi connectivity index (χ4n) is 4.38. The lowest BCUT2D eigenvalue weighted by molar-refractivity contribution is 0.0689. The van der Waals surface area contributed by atoms with Crippen LogP contribution in [0, 0.1) is 12.7 Å². The Morgan fingerprint density at radius 2 is 1.96 bits per heavy atom. The van der Waals surface area contributed by atoms with E-state index in [1.165, 1.54) is 29.9 Å². The Morgan fingerprint density at radius 1 is 1.18 bits per heavy atom. The Bertz CT molecular complexity index is 1030. The van der Waals surface area contributed by atoms with Gasteiger partial charge in [-0.15, -0.1) is 11.3 Å². The van der Waals surface area contributed by atoms with Gasteiger partial charge in [-0.3, -0.25) is 4.79 Å². The summed E-state index contributed by atoms with van der Waals surface area (Å²) in [6.45, 7) is 3.35. The van der Waals surface area contributed by atoms with Crippen molar-refractivity contribution in [2.75, 3.05) is 13.1 Å². The Hall–Kier alpha value is -2.28. The molecule has 1 aliphatic heterocycles. The minimum Gasteiger partial charge on any atom is -0.337 e. The Labute approximate surface area is 167 Å². The lowest BCUT2D eigenvalue weighted by Crippen LogP contribution is -2.39. The quantitative estimate of drug-likeness (QED) is 0.643. The topological polar surface area (TPSA) is 51.0 Å². The standard InChI is InChI=1S/C21H23FN4OS/c1-13-23-18(12-28-13)21(27)25-9-7-16(8-10-25)26-19-6-5-15(22)11-17(19)24-20(26)14-3-2-4-14/h5-6,11-12,14,16H,2-4,7-10H2,1H3. The molecule has 1 saturated heterocycles. The number of hydrogen-bond acceptors (Lipinski definition) is 4. The molecule has 5 rings (SSSR count). The van der Waals surface area contributed by atoms with E-state index in [4.69, 9.17) is 4.98 Å². The monoisotopic (exact) mass is 398 g/mol. The van der Waals surface area contributed by atoms with Crippen molar-refractivity contribution in [1.82, 2.24) is 19.4 Å². The van der Waals surface area contributed by atoms with Crippen LogP contribution in [0.25, 0.3) is 11.0 Å². The SMILES string of the molecule is Cc1nc(C(=O)N2CCC(n3c(C4CCC4)nc4cc(F)ccc43)CC2)cs1. The first-order valence-corrected chi connectivity index (χ1v) is 10.9. The Morgan fingerprint density at radius 3 is 2.61 bits per heavy atom. The summed E-state index contributed by atoms with van der Waals surface area (Å²) < 4.78 is 16.1. The van der Waals surface area contributed by atoms with Crippen LogP contribution >= 0.6 is 11.3 Å². The molecule has 3 aromatic rings. The maximum atomic E-state index is 13.7. The van der Waals surface area contributed by atoms with Crippen LogP contribution in [0.2, 0.25) is 0 Å². The molecule has 28 heavy (non-hydrogen) atoms. The number of piperidine rings is 1. The third kappa shape index (κ3) is 3.02. The number of carbonyl (C=O) groups is 1. The van der Waals surface area contributed by atoms with E-state index in [1.807, 2.05) is 23.3 Å². The highest BCUT2D eigenvalue weighted by Crippen LogP contribution is 2.40. The summed E-state index contributed by atoms with van der Waals surface area (Å²) in [7, 11) is 0. The molecular weight excluding hydrogens is 375 g/mol. The number of likely N-dealkylation sites (tertiary alicyclic amines) is 1. The van der Waals surface area contributed by atoms with Gasteiger partial charge >= 0.3 is 0 Å². The van der Waals surface area contributed by atoms with Gasteiger partial charge in [0.2, 0.25) is 0 Å². The van der Waals surface area contributed by atoms with E-state index in [2.05, 4.69) is 9.55 Å². The minimum atomic E-state index is -0.240. The number of carbonyl (C=O) groups excluding carboxylic acids is 1. The number of aryl methyl sites for hydroxylation is 1. The van der Waals surface area contributed by atoms with E-state index in [0.717, 1.165) is 47.5 Å². The van der Waals surface area contributed by atoms with E-state index in [9.17, 15) is 9.18 Å². The highest BCUT2D eigenvalue weighted by molar-refractivity contribution is 7.09. The van der Waals surface area contributed by atoms with Crippen LogP contribution in [0.5, 0.6) is 0 Å². The van der Waals surface area contributed by atoms with Gasteiger partial charge in [-0.1, -0.05) is 6.42 Å². The maximum absolute atomic E-state index is 13.7. The highest BCUT2D eigenvalue weighted by Gasteiger charge is 2.32. The Balaban J connectivity index is 1.40. The molecule has 0 bridgehead atoms. The van der Waals surface area contributed by atoms with Gasteiger partial charge in [0, 0.05) is 36.5 Å². The Kier molecular flexibility index (Phi) is 4.42. The molecule has 0 N–H and O–H groups in total. The average molecular weight is 399 g/mol. The van der Waals surface area contributed by atoms with Crippen molar-refractivity contribution in [3.05, 3.63) is 45.9 Å². The lowest BCUT2D eigenvalue weighted by Gasteiger charge is -2.35. The predicted octanol–water partition coefficient (Wildman–Crippen LogP) is 4.69. The van der Waals surface area contributed by atoms with Crippen LogP contribution in [0.15, 0.2) is 23.6 Å². The number of fused-ring (bicyclic) bond motifs is 1. The number of hydrogen-bond donors (Lipinski definition) is 0. The summed E-state index contributed by atoms with van der Waals surface area (Å²) in [4.78, 5) is 23.8.